The van der Waals surface area contributed by atoms with Crippen molar-refractivity contribution in [3.05, 3.63) is 22.8 Å². The number of carbonyl (C=O) groups excluding carboxylic acids is 2. The molecule has 0 saturated heterocycles. The first-order valence-electron chi connectivity index (χ1n) is 4.92. The van der Waals surface area contributed by atoms with Crippen LogP contribution in [0.15, 0.2) is 22.8 Å². The van der Waals surface area contributed by atoms with Gasteiger partial charge in [0.15, 0.2) is 0 Å². The molecule has 0 spiro atoms. The predicted molar refractivity (Wildman–Crippen MR) is 58.9 cm³/mol. The van der Waals surface area contributed by atoms with Crippen molar-refractivity contribution in [1.29, 1.82) is 0 Å². The number of Topliss-reactive ketones (excluding diaryl/α,β-unsaturated/α-hetero) is 2. The SMILES string of the molecule is COC1=C(OC)C(=O)C(N(C)C)=C(CO)C1=O. The summed E-state index contributed by atoms with van der Waals surface area (Å²) in [6, 6.07) is 0. The fraction of sp³-hybridized carbons (Fsp3) is 0.455. The van der Waals surface area contributed by atoms with E-state index in [4.69, 9.17) is 9.47 Å². The molecule has 0 fully saturated rings. The van der Waals surface area contributed by atoms with Crippen molar-refractivity contribution < 1.29 is 24.2 Å². The number of hydrogen-bond donors (Lipinski definition) is 1. The summed E-state index contributed by atoms with van der Waals surface area (Å²) in [6.45, 7) is -0.526. The number of rotatable bonds is 4. The molecule has 0 radical (unpaired) electrons. The van der Waals surface area contributed by atoms with Crippen LogP contribution in [0.25, 0.3) is 0 Å². The van der Waals surface area contributed by atoms with Crippen molar-refractivity contribution >= 4 is 11.6 Å². The Morgan fingerprint density at radius 3 is 1.88 bits per heavy atom. The van der Waals surface area contributed by atoms with Crippen LogP contribution in [0.5, 0.6) is 0 Å². The topological polar surface area (TPSA) is 76.1 Å². The van der Waals surface area contributed by atoms with Gasteiger partial charge in [0.25, 0.3) is 0 Å². The average Bonchev–Trinajstić information content (AvgIpc) is 2.29. The van der Waals surface area contributed by atoms with Crippen molar-refractivity contribution in [2.75, 3.05) is 34.9 Å². The highest BCUT2D eigenvalue weighted by molar-refractivity contribution is 6.23. The lowest BCUT2D eigenvalue weighted by atomic mass is 9.96. The highest BCUT2D eigenvalue weighted by Gasteiger charge is 2.37. The van der Waals surface area contributed by atoms with Gasteiger partial charge in [0.05, 0.1) is 32.1 Å². The zero-order chi connectivity index (χ0) is 13.2. The van der Waals surface area contributed by atoms with E-state index in [1.165, 1.54) is 19.1 Å². The molecule has 0 aromatic rings. The third kappa shape index (κ3) is 2.03. The monoisotopic (exact) mass is 241 g/mol. The maximum absolute atomic E-state index is 12.1. The van der Waals surface area contributed by atoms with E-state index in [1.807, 2.05) is 0 Å². The lowest BCUT2D eigenvalue weighted by Crippen LogP contribution is -2.33. The molecule has 0 heterocycles. The minimum Gasteiger partial charge on any atom is -0.489 e. The van der Waals surface area contributed by atoms with Crippen LogP contribution in [-0.4, -0.2) is 56.5 Å². The van der Waals surface area contributed by atoms with E-state index in [0.29, 0.717) is 0 Å². The maximum Gasteiger partial charge on any atom is 0.248 e. The molecular weight excluding hydrogens is 226 g/mol. The van der Waals surface area contributed by atoms with Crippen molar-refractivity contribution in [3.8, 4) is 0 Å². The van der Waals surface area contributed by atoms with Gasteiger partial charge in [-0.1, -0.05) is 0 Å². The molecule has 1 N–H and O–H groups in total. The second kappa shape index (κ2) is 5.01. The van der Waals surface area contributed by atoms with E-state index in [0.717, 1.165) is 0 Å². The predicted octanol–water partition coefficient (Wildman–Crippen LogP) is -0.549. The van der Waals surface area contributed by atoms with E-state index in [-0.39, 0.29) is 22.8 Å². The molecule has 0 unspecified atom stereocenters. The second-order valence-electron chi connectivity index (χ2n) is 3.60. The summed E-state index contributed by atoms with van der Waals surface area (Å²) >= 11 is 0. The largest absolute Gasteiger partial charge is 0.489 e. The average molecular weight is 241 g/mol. The number of carbonyl (C=O) groups is 2. The number of methoxy groups -OCH3 is 2. The molecule has 0 saturated carbocycles. The fourth-order valence-electron chi connectivity index (χ4n) is 1.69. The molecule has 6 heteroatoms. The number of nitrogens with zero attached hydrogens (tertiary/aromatic N) is 1. The van der Waals surface area contributed by atoms with Crippen LogP contribution < -0.4 is 0 Å². The van der Waals surface area contributed by atoms with Gasteiger partial charge >= 0.3 is 0 Å². The van der Waals surface area contributed by atoms with Gasteiger partial charge < -0.3 is 19.5 Å². The highest BCUT2D eigenvalue weighted by Crippen LogP contribution is 2.26. The summed E-state index contributed by atoms with van der Waals surface area (Å²) in [5, 5.41) is 9.19. The lowest BCUT2D eigenvalue weighted by molar-refractivity contribution is -0.122. The Bertz CT molecular complexity index is 420. The number of likely N-dealkylation sites (N-methyl/N-ethyl adjacent to an activating group) is 1. The summed E-state index contributed by atoms with van der Waals surface area (Å²) in [7, 11) is 5.79. The molecule has 0 bridgehead atoms. The summed E-state index contributed by atoms with van der Waals surface area (Å²) in [5.41, 5.74) is 0.132. The van der Waals surface area contributed by atoms with Gasteiger partial charge in [0.2, 0.25) is 23.1 Å². The fourth-order valence-corrected chi connectivity index (χ4v) is 1.69. The van der Waals surface area contributed by atoms with Gasteiger partial charge in [-0.2, -0.15) is 0 Å². The third-order valence-electron chi connectivity index (χ3n) is 2.41. The number of hydrogen-bond acceptors (Lipinski definition) is 6. The normalized spacial score (nSPS) is 16.5. The van der Waals surface area contributed by atoms with Gasteiger partial charge in [0, 0.05) is 14.1 Å². The molecule has 1 rings (SSSR count). The molecule has 6 nitrogen and oxygen atoms in total. The van der Waals surface area contributed by atoms with E-state index in [2.05, 4.69) is 0 Å². The van der Waals surface area contributed by atoms with Gasteiger partial charge in [-0.25, -0.2) is 0 Å². The van der Waals surface area contributed by atoms with Crippen LogP contribution in [0.2, 0.25) is 0 Å². The van der Waals surface area contributed by atoms with Crippen molar-refractivity contribution in [2.24, 2.45) is 0 Å². The molecule has 1 aliphatic rings. The Balaban J connectivity index is 3.42. The van der Waals surface area contributed by atoms with Crippen LogP contribution in [-0.2, 0) is 19.1 Å². The molecule has 0 atom stereocenters. The number of ether oxygens (including phenoxy) is 2. The lowest BCUT2D eigenvalue weighted by Gasteiger charge is -2.25. The Morgan fingerprint density at radius 2 is 1.53 bits per heavy atom. The smallest absolute Gasteiger partial charge is 0.248 e. The quantitative estimate of drug-likeness (QED) is 0.666. The standard InChI is InChI=1S/C11H15NO5/c1-12(2)7-6(5-13)8(14)10(16-3)11(17-4)9(7)15/h13H,5H2,1-4H3. The minimum atomic E-state index is -0.532. The molecule has 0 aliphatic heterocycles. The van der Waals surface area contributed by atoms with E-state index in [9.17, 15) is 14.7 Å². The number of aliphatic hydroxyl groups excluding tert-OH is 1. The van der Waals surface area contributed by atoms with Crippen molar-refractivity contribution in [2.45, 2.75) is 0 Å². The molecule has 17 heavy (non-hydrogen) atoms. The summed E-state index contributed by atoms with van der Waals surface area (Å²) in [4.78, 5) is 25.5. The first-order valence-corrected chi connectivity index (χ1v) is 4.92. The molecule has 1 aliphatic carbocycles. The van der Waals surface area contributed by atoms with Crippen molar-refractivity contribution in [3.63, 3.8) is 0 Å². The molecular formula is C11H15NO5. The van der Waals surface area contributed by atoms with E-state index in [1.54, 1.807) is 14.1 Å². The maximum atomic E-state index is 12.1. The van der Waals surface area contributed by atoms with E-state index < -0.39 is 18.2 Å². The zero-order valence-electron chi connectivity index (χ0n) is 10.2. The summed E-state index contributed by atoms with van der Waals surface area (Å²) < 4.78 is 9.75. The van der Waals surface area contributed by atoms with Gasteiger partial charge in [-0.3, -0.25) is 9.59 Å². The Morgan fingerprint density at radius 1 is 1.06 bits per heavy atom. The first kappa shape index (κ1) is 13.2. The highest BCUT2D eigenvalue weighted by atomic mass is 16.5. The van der Waals surface area contributed by atoms with Crippen LogP contribution in [0.4, 0.5) is 0 Å². The van der Waals surface area contributed by atoms with Crippen LogP contribution in [0.3, 0.4) is 0 Å². The number of ketones is 2. The van der Waals surface area contributed by atoms with Crippen molar-refractivity contribution in [1.82, 2.24) is 4.90 Å². The molecule has 0 aromatic carbocycles. The van der Waals surface area contributed by atoms with Crippen LogP contribution in [0.1, 0.15) is 0 Å². The Hall–Kier alpha value is -1.82. The summed E-state index contributed by atoms with van der Waals surface area (Å²) in [6.07, 6.45) is 0. The van der Waals surface area contributed by atoms with Gasteiger partial charge in [0.1, 0.15) is 0 Å². The van der Waals surface area contributed by atoms with E-state index >= 15 is 0 Å². The number of aliphatic hydroxyl groups is 1. The minimum absolute atomic E-state index is 0.0117. The van der Waals surface area contributed by atoms with Crippen LogP contribution in [0, 0.1) is 0 Å². The molecule has 94 valence electrons. The molecule has 0 amide bonds. The number of allylic oxidation sites excluding steroid dienone is 1. The Kier molecular flexibility index (Phi) is 3.90. The molecule has 0 aromatic heterocycles. The van der Waals surface area contributed by atoms with Crippen LogP contribution >= 0.6 is 0 Å². The Labute approximate surface area is 99.1 Å². The first-order chi connectivity index (χ1) is 7.99. The zero-order valence-corrected chi connectivity index (χ0v) is 10.2. The third-order valence-corrected chi connectivity index (χ3v) is 2.41. The van der Waals surface area contributed by atoms with Gasteiger partial charge in [-0.15, -0.1) is 0 Å². The van der Waals surface area contributed by atoms with Gasteiger partial charge in [-0.05, 0) is 0 Å². The second-order valence-corrected chi connectivity index (χ2v) is 3.60. The summed E-state index contributed by atoms with van der Waals surface area (Å²) in [5.74, 6) is -1.32.